The van der Waals surface area contributed by atoms with Crippen molar-refractivity contribution in [2.45, 2.75) is 6.42 Å². The number of morpholine rings is 1. The van der Waals surface area contributed by atoms with Crippen LogP contribution in [0.1, 0.15) is 16.9 Å². The molecule has 20 heavy (non-hydrogen) atoms. The van der Waals surface area contributed by atoms with Gasteiger partial charge in [-0.1, -0.05) is 11.6 Å². The van der Waals surface area contributed by atoms with Crippen molar-refractivity contribution < 1.29 is 14.3 Å². The Morgan fingerprint density at radius 2 is 2.10 bits per heavy atom. The molecule has 1 saturated heterocycles. The topological polar surface area (TPSA) is 84.4 Å². The average molecular weight is 299 g/mol. The zero-order chi connectivity index (χ0) is 14.4. The molecule has 1 fully saturated rings. The lowest BCUT2D eigenvalue weighted by Crippen LogP contribution is -2.42. The SMILES string of the molecule is O=C(NCCC(=O)N1CCOCC1)c1cncc(Cl)n1. The second-order valence-corrected chi connectivity index (χ2v) is 4.61. The van der Waals surface area contributed by atoms with Crippen molar-refractivity contribution in [3.05, 3.63) is 23.2 Å². The minimum absolute atomic E-state index is 0.00535. The van der Waals surface area contributed by atoms with Gasteiger partial charge in [0.25, 0.3) is 5.91 Å². The van der Waals surface area contributed by atoms with E-state index in [0.717, 1.165) is 0 Å². The number of rotatable bonds is 4. The zero-order valence-electron chi connectivity index (χ0n) is 10.8. The van der Waals surface area contributed by atoms with E-state index < -0.39 is 5.91 Å². The summed E-state index contributed by atoms with van der Waals surface area (Å²) < 4.78 is 5.17. The van der Waals surface area contributed by atoms with Gasteiger partial charge in [0.05, 0.1) is 25.6 Å². The van der Waals surface area contributed by atoms with Gasteiger partial charge in [-0.05, 0) is 0 Å². The van der Waals surface area contributed by atoms with Crippen LogP contribution < -0.4 is 5.32 Å². The maximum absolute atomic E-state index is 11.8. The predicted molar refractivity (Wildman–Crippen MR) is 71.4 cm³/mol. The summed E-state index contributed by atoms with van der Waals surface area (Å²) in [5.74, 6) is -0.388. The van der Waals surface area contributed by atoms with E-state index in [1.165, 1.54) is 12.4 Å². The number of halogens is 1. The highest BCUT2D eigenvalue weighted by Gasteiger charge is 2.16. The van der Waals surface area contributed by atoms with Crippen molar-refractivity contribution in [2.75, 3.05) is 32.8 Å². The van der Waals surface area contributed by atoms with Crippen molar-refractivity contribution >= 4 is 23.4 Å². The molecule has 0 spiro atoms. The fourth-order valence-corrected chi connectivity index (χ4v) is 1.94. The van der Waals surface area contributed by atoms with E-state index in [9.17, 15) is 9.59 Å². The number of nitrogens with zero attached hydrogens (tertiary/aromatic N) is 3. The molecule has 0 unspecified atom stereocenters. The Bertz CT molecular complexity index is 491. The van der Waals surface area contributed by atoms with Gasteiger partial charge in [-0.25, -0.2) is 4.98 Å². The Hall–Kier alpha value is -1.73. The number of hydrogen-bond acceptors (Lipinski definition) is 5. The van der Waals surface area contributed by atoms with E-state index in [1.807, 2.05) is 0 Å². The minimum atomic E-state index is -0.394. The maximum Gasteiger partial charge on any atom is 0.271 e. The summed E-state index contributed by atoms with van der Waals surface area (Å²) in [6, 6.07) is 0. The summed E-state index contributed by atoms with van der Waals surface area (Å²) >= 11 is 5.65. The molecule has 0 radical (unpaired) electrons. The first-order valence-electron chi connectivity index (χ1n) is 6.28. The van der Waals surface area contributed by atoms with Gasteiger partial charge in [0, 0.05) is 26.1 Å². The second-order valence-electron chi connectivity index (χ2n) is 4.23. The molecule has 0 bridgehead atoms. The molecular formula is C12H15ClN4O3. The highest BCUT2D eigenvalue weighted by atomic mass is 35.5. The molecule has 1 aliphatic heterocycles. The van der Waals surface area contributed by atoms with Crippen LogP contribution in [-0.2, 0) is 9.53 Å². The maximum atomic E-state index is 11.8. The molecule has 1 N–H and O–H groups in total. The van der Waals surface area contributed by atoms with E-state index >= 15 is 0 Å². The third-order valence-corrected chi connectivity index (χ3v) is 3.01. The Balaban J connectivity index is 1.75. The number of nitrogens with one attached hydrogen (secondary N) is 1. The fourth-order valence-electron chi connectivity index (χ4n) is 1.80. The first-order chi connectivity index (χ1) is 9.66. The summed E-state index contributed by atoms with van der Waals surface area (Å²) in [7, 11) is 0. The van der Waals surface area contributed by atoms with Gasteiger partial charge in [0.1, 0.15) is 10.8 Å². The lowest BCUT2D eigenvalue weighted by Gasteiger charge is -2.26. The van der Waals surface area contributed by atoms with Crippen molar-refractivity contribution in [2.24, 2.45) is 0 Å². The Morgan fingerprint density at radius 3 is 2.80 bits per heavy atom. The van der Waals surface area contributed by atoms with Crippen LogP contribution >= 0.6 is 11.6 Å². The molecule has 7 nitrogen and oxygen atoms in total. The number of ether oxygens (including phenoxy) is 1. The molecule has 1 aromatic rings. The van der Waals surface area contributed by atoms with Gasteiger partial charge in [0.2, 0.25) is 5.91 Å². The van der Waals surface area contributed by atoms with Crippen LogP contribution in [0.25, 0.3) is 0 Å². The lowest BCUT2D eigenvalue weighted by atomic mass is 10.3. The summed E-state index contributed by atoms with van der Waals surface area (Å²) in [6.07, 6.45) is 2.92. The first-order valence-corrected chi connectivity index (χ1v) is 6.66. The van der Waals surface area contributed by atoms with Crippen molar-refractivity contribution in [3.8, 4) is 0 Å². The van der Waals surface area contributed by atoms with Crippen LogP contribution in [0.15, 0.2) is 12.4 Å². The molecule has 108 valence electrons. The molecule has 0 atom stereocenters. The van der Waals surface area contributed by atoms with Gasteiger partial charge < -0.3 is 15.0 Å². The third kappa shape index (κ3) is 4.14. The van der Waals surface area contributed by atoms with E-state index in [4.69, 9.17) is 16.3 Å². The zero-order valence-corrected chi connectivity index (χ0v) is 11.6. The predicted octanol–water partition coefficient (Wildman–Crippen LogP) is 0.109. The molecule has 0 aromatic carbocycles. The molecule has 8 heteroatoms. The van der Waals surface area contributed by atoms with Crippen LogP contribution in [0.2, 0.25) is 5.15 Å². The highest BCUT2D eigenvalue weighted by molar-refractivity contribution is 6.29. The molecule has 2 heterocycles. The summed E-state index contributed by atoms with van der Waals surface area (Å²) in [5, 5.41) is 2.77. The number of aromatic nitrogens is 2. The van der Waals surface area contributed by atoms with Gasteiger partial charge in [0.15, 0.2) is 0 Å². The average Bonchev–Trinajstić information content (AvgIpc) is 2.48. The van der Waals surface area contributed by atoms with Crippen molar-refractivity contribution in [3.63, 3.8) is 0 Å². The lowest BCUT2D eigenvalue weighted by molar-refractivity contribution is -0.135. The fraction of sp³-hybridized carbons (Fsp3) is 0.500. The standard InChI is InChI=1S/C12H15ClN4O3/c13-10-8-14-7-9(16-10)12(19)15-2-1-11(18)17-3-5-20-6-4-17/h7-8H,1-6H2,(H,15,19). The van der Waals surface area contributed by atoms with Crippen LogP contribution in [-0.4, -0.2) is 59.5 Å². The largest absolute Gasteiger partial charge is 0.378 e. The smallest absolute Gasteiger partial charge is 0.271 e. The molecule has 1 aliphatic rings. The molecule has 0 aliphatic carbocycles. The summed E-state index contributed by atoms with van der Waals surface area (Å²) in [6.45, 7) is 2.59. The highest BCUT2D eigenvalue weighted by Crippen LogP contribution is 2.03. The minimum Gasteiger partial charge on any atom is -0.378 e. The first kappa shape index (κ1) is 14.7. The van der Waals surface area contributed by atoms with Crippen molar-refractivity contribution in [1.82, 2.24) is 20.2 Å². The van der Waals surface area contributed by atoms with E-state index in [-0.39, 0.29) is 29.7 Å². The molecule has 0 saturated carbocycles. The third-order valence-electron chi connectivity index (χ3n) is 2.83. The Morgan fingerprint density at radius 1 is 1.35 bits per heavy atom. The normalized spacial score (nSPS) is 14.9. The quantitative estimate of drug-likeness (QED) is 0.853. The molecule has 2 rings (SSSR count). The molecule has 2 amide bonds. The van der Waals surface area contributed by atoms with Crippen LogP contribution in [0.4, 0.5) is 0 Å². The van der Waals surface area contributed by atoms with Gasteiger partial charge >= 0.3 is 0 Å². The number of carbonyl (C=O) groups excluding carboxylic acids is 2. The van der Waals surface area contributed by atoms with Crippen LogP contribution in [0, 0.1) is 0 Å². The monoisotopic (exact) mass is 298 g/mol. The van der Waals surface area contributed by atoms with Crippen LogP contribution in [0.5, 0.6) is 0 Å². The summed E-state index contributed by atoms with van der Waals surface area (Å²) in [5.41, 5.74) is 0.135. The van der Waals surface area contributed by atoms with Crippen molar-refractivity contribution in [1.29, 1.82) is 0 Å². The summed E-state index contributed by atoms with van der Waals surface area (Å²) in [4.78, 5) is 32.9. The van der Waals surface area contributed by atoms with Gasteiger partial charge in [-0.15, -0.1) is 0 Å². The second kappa shape index (κ2) is 7.16. The molecular weight excluding hydrogens is 284 g/mol. The van der Waals surface area contributed by atoms with E-state index in [1.54, 1.807) is 4.90 Å². The number of hydrogen-bond donors (Lipinski definition) is 1. The van der Waals surface area contributed by atoms with Gasteiger partial charge in [-0.3, -0.25) is 14.6 Å². The number of carbonyl (C=O) groups is 2. The Kier molecular flexibility index (Phi) is 5.25. The van der Waals surface area contributed by atoms with E-state index in [2.05, 4.69) is 15.3 Å². The van der Waals surface area contributed by atoms with E-state index in [0.29, 0.717) is 26.3 Å². The Labute approximate surface area is 121 Å². The number of amides is 2. The van der Waals surface area contributed by atoms with Gasteiger partial charge in [-0.2, -0.15) is 0 Å². The molecule has 1 aromatic heterocycles. The van der Waals surface area contributed by atoms with Crippen LogP contribution in [0.3, 0.4) is 0 Å².